The quantitative estimate of drug-likeness (QED) is 0.747. The Morgan fingerprint density at radius 3 is 2.62 bits per heavy atom. The van der Waals surface area contributed by atoms with Gasteiger partial charge in [-0.3, -0.25) is 0 Å². The maximum absolute atomic E-state index is 13.0. The second-order valence-electron chi connectivity index (χ2n) is 5.25. The van der Waals surface area contributed by atoms with Gasteiger partial charge in [0, 0.05) is 12.6 Å². The number of aliphatic hydroxyl groups excluding tert-OH is 1. The van der Waals surface area contributed by atoms with Crippen LogP contribution < -0.4 is 15.8 Å². The summed E-state index contributed by atoms with van der Waals surface area (Å²) in [6.07, 6.45) is -2.52. The summed E-state index contributed by atoms with van der Waals surface area (Å²) in [6, 6.07) is 2.41. The summed E-state index contributed by atoms with van der Waals surface area (Å²) in [5.41, 5.74) is 5.13. The van der Waals surface area contributed by atoms with Gasteiger partial charge in [-0.25, -0.2) is 0 Å². The van der Waals surface area contributed by atoms with Crippen molar-refractivity contribution >= 4 is 5.69 Å². The maximum Gasteiger partial charge on any atom is 0.420 e. The third-order valence-electron chi connectivity index (χ3n) is 3.73. The lowest BCUT2D eigenvalue weighted by Crippen LogP contribution is -2.35. The molecule has 0 heterocycles. The number of hydrogen-bond donors (Lipinski definition) is 3. The molecule has 1 saturated carbocycles. The SMILES string of the molecule is COc1c(N)cc(CNC2CCCC2O)cc1C(F)(F)F. The highest BCUT2D eigenvalue weighted by molar-refractivity contribution is 5.59. The molecule has 0 spiro atoms. The Labute approximate surface area is 121 Å². The zero-order chi connectivity index (χ0) is 15.6. The predicted octanol–water partition coefficient (Wildman–Crippen LogP) is 2.30. The molecule has 1 aliphatic rings. The van der Waals surface area contributed by atoms with E-state index < -0.39 is 17.8 Å². The van der Waals surface area contributed by atoms with Gasteiger partial charge in [0.15, 0.2) is 5.75 Å². The number of alkyl halides is 3. The topological polar surface area (TPSA) is 67.5 Å². The molecule has 21 heavy (non-hydrogen) atoms. The van der Waals surface area contributed by atoms with Gasteiger partial charge in [-0.05, 0) is 37.0 Å². The zero-order valence-electron chi connectivity index (χ0n) is 11.7. The minimum atomic E-state index is -4.53. The highest BCUT2D eigenvalue weighted by atomic mass is 19.4. The molecular formula is C14H19F3N2O2. The van der Waals surface area contributed by atoms with E-state index in [0.29, 0.717) is 5.56 Å². The van der Waals surface area contributed by atoms with Gasteiger partial charge in [0.25, 0.3) is 0 Å². The van der Waals surface area contributed by atoms with Gasteiger partial charge in [-0.1, -0.05) is 0 Å². The van der Waals surface area contributed by atoms with E-state index in [2.05, 4.69) is 5.32 Å². The lowest BCUT2D eigenvalue weighted by molar-refractivity contribution is -0.138. The average Bonchev–Trinajstić information content (AvgIpc) is 2.80. The van der Waals surface area contributed by atoms with Gasteiger partial charge in [-0.2, -0.15) is 13.2 Å². The standard InChI is InChI=1S/C14H19F3N2O2/c1-21-13-9(14(15,16)17)5-8(6-10(13)18)7-19-11-3-2-4-12(11)20/h5-6,11-12,19-20H,2-4,7,18H2,1H3. The van der Waals surface area contributed by atoms with E-state index in [4.69, 9.17) is 10.5 Å². The van der Waals surface area contributed by atoms with Crippen LogP contribution in [0.4, 0.5) is 18.9 Å². The molecule has 1 aromatic carbocycles. The first kappa shape index (κ1) is 15.9. The monoisotopic (exact) mass is 304 g/mol. The van der Waals surface area contributed by atoms with Crippen molar-refractivity contribution in [2.45, 2.75) is 44.1 Å². The van der Waals surface area contributed by atoms with E-state index in [0.717, 1.165) is 32.4 Å². The molecule has 2 unspecified atom stereocenters. The van der Waals surface area contributed by atoms with Crippen molar-refractivity contribution < 1.29 is 23.0 Å². The number of rotatable bonds is 4. The lowest BCUT2D eigenvalue weighted by atomic mass is 10.1. The number of methoxy groups -OCH3 is 1. The van der Waals surface area contributed by atoms with Crippen molar-refractivity contribution in [2.75, 3.05) is 12.8 Å². The highest BCUT2D eigenvalue weighted by Gasteiger charge is 2.35. The predicted molar refractivity (Wildman–Crippen MR) is 72.9 cm³/mol. The average molecular weight is 304 g/mol. The number of halogens is 3. The fourth-order valence-corrected chi connectivity index (χ4v) is 2.68. The van der Waals surface area contributed by atoms with Crippen LogP contribution in [0, 0.1) is 0 Å². The Bertz CT molecular complexity index is 506. The van der Waals surface area contributed by atoms with Crippen LogP contribution in [-0.4, -0.2) is 24.4 Å². The molecular weight excluding hydrogens is 285 g/mol. The molecule has 2 rings (SSSR count). The molecule has 7 heteroatoms. The second-order valence-corrected chi connectivity index (χ2v) is 5.25. The van der Waals surface area contributed by atoms with Crippen molar-refractivity contribution in [1.82, 2.24) is 5.32 Å². The van der Waals surface area contributed by atoms with Crippen molar-refractivity contribution in [3.05, 3.63) is 23.3 Å². The maximum atomic E-state index is 13.0. The minimum absolute atomic E-state index is 0.0453. The molecule has 0 aliphatic heterocycles. The van der Waals surface area contributed by atoms with Gasteiger partial charge in [0.2, 0.25) is 0 Å². The van der Waals surface area contributed by atoms with Crippen molar-refractivity contribution in [3.8, 4) is 5.75 Å². The van der Waals surface area contributed by atoms with E-state index in [-0.39, 0.29) is 24.0 Å². The van der Waals surface area contributed by atoms with Gasteiger partial charge in [-0.15, -0.1) is 0 Å². The van der Waals surface area contributed by atoms with E-state index in [9.17, 15) is 18.3 Å². The van der Waals surface area contributed by atoms with Crippen LogP contribution in [0.3, 0.4) is 0 Å². The molecule has 0 aromatic heterocycles. The number of aliphatic hydroxyl groups is 1. The smallest absolute Gasteiger partial charge is 0.420 e. The Morgan fingerprint density at radius 2 is 2.10 bits per heavy atom. The molecule has 4 N–H and O–H groups in total. The van der Waals surface area contributed by atoms with Gasteiger partial charge in [0.05, 0.1) is 24.5 Å². The van der Waals surface area contributed by atoms with Crippen LogP contribution in [0.2, 0.25) is 0 Å². The Hall–Kier alpha value is -1.47. The molecule has 1 aliphatic carbocycles. The van der Waals surface area contributed by atoms with E-state index in [1.165, 1.54) is 6.07 Å². The van der Waals surface area contributed by atoms with Gasteiger partial charge in [0.1, 0.15) is 0 Å². The molecule has 1 aromatic rings. The van der Waals surface area contributed by atoms with Crippen molar-refractivity contribution in [2.24, 2.45) is 0 Å². The van der Waals surface area contributed by atoms with E-state index in [1.807, 2.05) is 0 Å². The van der Waals surface area contributed by atoms with Crippen molar-refractivity contribution in [1.29, 1.82) is 0 Å². The first-order valence-corrected chi connectivity index (χ1v) is 6.78. The van der Waals surface area contributed by atoms with Crippen LogP contribution in [0.5, 0.6) is 5.75 Å². The molecule has 2 atom stereocenters. The summed E-state index contributed by atoms with van der Waals surface area (Å²) in [7, 11) is 1.16. The van der Waals surface area contributed by atoms with Gasteiger partial charge >= 0.3 is 6.18 Å². The molecule has 0 bridgehead atoms. The van der Waals surface area contributed by atoms with E-state index in [1.54, 1.807) is 0 Å². The number of benzene rings is 1. The molecule has 0 amide bonds. The van der Waals surface area contributed by atoms with Gasteiger partial charge < -0.3 is 20.9 Å². The van der Waals surface area contributed by atoms with Crippen LogP contribution in [0.15, 0.2) is 12.1 Å². The molecule has 4 nitrogen and oxygen atoms in total. The Balaban J connectivity index is 2.18. The third-order valence-corrected chi connectivity index (χ3v) is 3.73. The zero-order valence-corrected chi connectivity index (χ0v) is 11.7. The number of hydrogen-bond acceptors (Lipinski definition) is 4. The highest BCUT2D eigenvalue weighted by Crippen LogP contribution is 2.40. The number of nitrogen functional groups attached to an aromatic ring is 1. The lowest BCUT2D eigenvalue weighted by Gasteiger charge is -2.19. The fourth-order valence-electron chi connectivity index (χ4n) is 2.68. The number of ether oxygens (including phenoxy) is 1. The third kappa shape index (κ3) is 3.59. The largest absolute Gasteiger partial charge is 0.494 e. The Morgan fingerprint density at radius 1 is 1.38 bits per heavy atom. The number of anilines is 1. The summed E-state index contributed by atoms with van der Waals surface area (Å²) >= 11 is 0. The van der Waals surface area contributed by atoms with Crippen LogP contribution in [-0.2, 0) is 12.7 Å². The first-order chi connectivity index (χ1) is 9.82. The molecule has 0 radical (unpaired) electrons. The molecule has 118 valence electrons. The fraction of sp³-hybridized carbons (Fsp3) is 0.571. The van der Waals surface area contributed by atoms with Crippen LogP contribution in [0.25, 0.3) is 0 Å². The second kappa shape index (κ2) is 6.11. The summed E-state index contributed by atoms with van der Waals surface area (Å²) in [5.74, 6) is -0.354. The molecule has 0 saturated heterocycles. The molecule has 1 fully saturated rings. The normalized spacial score (nSPS) is 22.5. The van der Waals surface area contributed by atoms with E-state index >= 15 is 0 Å². The summed E-state index contributed by atoms with van der Waals surface area (Å²) in [6.45, 7) is 0.221. The first-order valence-electron chi connectivity index (χ1n) is 6.78. The number of nitrogens with one attached hydrogen (secondary N) is 1. The van der Waals surface area contributed by atoms with Crippen LogP contribution in [0.1, 0.15) is 30.4 Å². The summed E-state index contributed by atoms with van der Waals surface area (Å²) < 4.78 is 43.8. The van der Waals surface area contributed by atoms with Crippen LogP contribution >= 0.6 is 0 Å². The summed E-state index contributed by atoms with van der Waals surface area (Å²) in [4.78, 5) is 0. The Kier molecular flexibility index (Phi) is 4.63. The van der Waals surface area contributed by atoms with Crippen molar-refractivity contribution in [3.63, 3.8) is 0 Å². The summed E-state index contributed by atoms with van der Waals surface area (Å²) in [5, 5.41) is 12.8. The number of nitrogens with two attached hydrogens (primary N) is 1. The minimum Gasteiger partial charge on any atom is -0.494 e.